The molecule has 4 rings (SSSR count). The summed E-state index contributed by atoms with van der Waals surface area (Å²) in [5.74, 6) is 1.62. The summed E-state index contributed by atoms with van der Waals surface area (Å²) in [6.07, 6.45) is 3.71. The van der Waals surface area contributed by atoms with Crippen molar-refractivity contribution in [3.05, 3.63) is 52.4 Å². The molecule has 8 heteroatoms. The molecule has 1 amide bonds. The quantitative estimate of drug-likeness (QED) is 0.638. The van der Waals surface area contributed by atoms with Crippen LogP contribution in [0.2, 0.25) is 0 Å². The predicted molar refractivity (Wildman–Crippen MR) is 107 cm³/mol. The summed E-state index contributed by atoms with van der Waals surface area (Å²) in [5, 5.41) is 8.10. The van der Waals surface area contributed by atoms with Crippen molar-refractivity contribution in [3.63, 3.8) is 0 Å². The molecule has 0 saturated carbocycles. The van der Waals surface area contributed by atoms with E-state index >= 15 is 0 Å². The number of fused-ring (bicyclic) bond motifs is 1. The van der Waals surface area contributed by atoms with Gasteiger partial charge in [-0.1, -0.05) is 29.3 Å². The Morgan fingerprint density at radius 3 is 2.59 bits per heavy atom. The number of halogens is 1. The zero-order chi connectivity index (χ0) is 18.8. The van der Waals surface area contributed by atoms with E-state index < -0.39 is 0 Å². The number of anilines is 1. The van der Waals surface area contributed by atoms with Crippen molar-refractivity contribution in [3.8, 4) is 0 Å². The van der Waals surface area contributed by atoms with E-state index in [4.69, 9.17) is 0 Å². The normalized spacial score (nSPS) is 14.7. The Morgan fingerprint density at radius 1 is 1.15 bits per heavy atom. The van der Waals surface area contributed by atoms with Gasteiger partial charge in [0.15, 0.2) is 0 Å². The minimum Gasteiger partial charge on any atom is -0.353 e. The van der Waals surface area contributed by atoms with Gasteiger partial charge in [-0.25, -0.2) is 0 Å². The second-order valence-corrected chi connectivity index (χ2v) is 7.56. The lowest BCUT2D eigenvalue weighted by Gasteiger charge is -2.35. The largest absolute Gasteiger partial charge is 0.353 e. The van der Waals surface area contributed by atoms with Gasteiger partial charge in [0.05, 0.1) is 0 Å². The standard InChI is InChI=1S/C19H21BrN6O/c1-2-3-16-12-17(22-19-23-21-13-26(16)19)24-8-10-25(11-9-24)18(27)14-4-6-15(20)7-5-14/h4-7,12-13H,2-3,8-11H2,1H3. The van der Waals surface area contributed by atoms with E-state index in [9.17, 15) is 4.79 Å². The molecule has 7 nitrogen and oxygen atoms in total. The number of rotatable bonds is 4. The zero-order valence-electron chi connectivity index (χ0n) is 15.2. The number of hydrogen-bond acceptors (Lipinski definition) is 5. The summed E-state index contributed by atoms with van der Waals surface area (Å²) in [4.78, 5) is 21.5. The fourth-order valence-electron chi connectivity index (χ4n) is 3.39. The molecule has 3 heterocycles. The van der Waals surface area contributed by atoms with E-state index in [-0.39, 0.29) is 5.91 Å². The maximum Gasteiger partial charge on any atom is 0.256 e. The molecule has 1 aliphatic rings. The molecule has 0 bridgehead atoms. The lowest BCUT2D eigenvalue weighted by molar-refractivity contribution is 0.0746. The molecule has 0 N–H and O–H groups in total. The van der Waals surface area contributed by atoms with Gasteiger partial charge in [-0.3, -0.25) is 9.20 Å². The Hall–Kier alpha value is -2.48. The molecule has 0 atom stereocenters. The van der Waals surface area contributed by atoms with Gasteiger partial charge in [0.25, 0.3) is 11.7 Å². The Kier molecular flexibility index (Phi) is 5.07. The third-order valence-electron chi connectivity index (χ3n) is 4.84. The van der Waals surface area contributed by atoms with Gasteiger partial charge >= 0.3 is 0 Å². The first kappa shape index (κ1) is 17.9. The summed E-state index contributed by atoms with van der Waals surface area (Å²) >= 11 is 3.41. The van der Waals surface area contributed by atoms with E-state index in [1.807, 2.05) is 33.6 Å². The van der Waals surface area contributed by atoms with Crippen LogP contribution in [0.25, 0.3) is 5.78 Å². The third kappa shape index (κ3) is 3.66. The van der Waals surface area contributed by atoms with Crippen LogP contribution in [0.5, 0.6) is 0 Å². The summed E-state index contributed by atoms with van der Waals surface area (Å²) in [5.41, 5.74) is 1.88. The van der Waals surface area contributed by atoms with Crippen LogP contribution in [-0.4, -0.2) is 56.6 Å². The van der Waals surface area contributed by atoms with Crippen molar-refractivity contribution < 1.29 is 4.79 Å². The summed E-state index contributed by atoms with van der Waals surface area (Å²) in [6.45, 7) is 5.02. The highest BCUT2D eigenvalue weighted by Crippen LogP contribution is 2.19. The predicted octanol–water partition coefficient (Wildman–Crippen LogP) is 2.80. The van der Waals surface area contributed by atoms with Gasteiger partial charge in [-0.2, -0.15) is 4.98 Å². The monoisotopic (exact) mass is 428 g/mol. The number of benzene rings is 1. The molecule has 0 spiro atoms. The Balaban J connectivity index is 1.48. The molecule has 1 fully saturated rings. The maximum atomic E-state index is 12.7. The Labute approximate surface area is 166 Å². The van der Waals surface area contributed by atoms with Crippen LogP contribution >= 0.6 is 15.9 Å². The number of hydrogen-bond donors (Lipinski definition) is 0. The number of amides is 1. The average molecular weight is 429 g/mol. The maximum absolute atomic E-state index is 12.7. The minimum atomic E-state index is 0.0784. The molecule has 0 unspecified atom stereocenters. The van der Waals surface area contributed by atoms with E-state index in [0.29, 0.717) is 18.9 Å². The summed E-state index contributed by atoms with van der Waals surface area (Å²) in [7, 11) is 0. The van der Waals surface area contributed by atoms with Crippen LogP contribution in [0.15, 0.2) is 41.1 Å². The summed E-state index contributed by atoms with van der Waals surface area (Å²) < 4.78 is 2.92. The van der Waals surface area contributed by atoms with Crippen molar-refractivity contribution in [1.82, 2.24) is 24.5 Å². The lowest BCUT2D eigenvalue weighted by atomic mass is 10.2. The second kappa shape index (κ2) is 7.64. The van der Waals surface area contributed by atoms with Gasteiger partial charge in [-0.05, 0) is 30.7 Å². The SMILES string of the molecule is CCCc1cc(N2CCN(C(=O)c3ccc(Br)cc3)CC2)nc2nncn12. The fourth-order valence-corrected chi connectivity index (χ4v) is 3.65. The van der Waals surface area contributed by atoms with Crippen LogP contribution in [-0.2, 0) is 6.42 Å². The number of nitrogens with zero attached hydrogens (tertiary/aromatic N) is 6. The van der Waals surface area contributed by atoms with Crippen molar-refractivity contribution >= 4 is 33.4 Å². The fraction of sp³-hybridized carbons (Fsp3) is 0.368. The second-order valence-electron chi connectivity index (χ2n) is 6.64. The Bertz CT molecular complexity index is 946. The topological polar surface area (TPSA) is 66.6 Å². The van der Waals surface area contributed by atoms with Gasteiger partial charge in [0, 0.05) is 48.0 Å². The highest BCUT2D eigenvalue weighted by molar-refractivity contribution is 9.10. The van der Waals surface area contributed by atoms with Crippen molar-refractivity contribution in [1.29, 1.82) is 0 Å². The zero-order valence-corrected chi connectivity index (χ0v) is 16.8. The molecule has 27 heavy (non-hydrogen) atoms. The van der Waals surface area contributed by atoms with E-state index in [1.165, 1.54) is 0 Å². The minimum absolute atomic E-state index is 0.0784. The molecule has 1 saturated heterocycles. The number of aryl methyl sites for hydroxylation is 1. The molecular weight excluding hydrogens is 408 g/mol. The van der Waals surface area contributed by atoms with E-state index in [1.54, 1.807) is 6.33 Å². The highest BCUT2D eigenvalue weighted by Gasteiger charge is 2.23. The molecule has 140 valence electrons. The first-order chi connectivity index (χ1) is 13.2. The van der Waals surface area contributed by atoms with E-state index in [2.05, 4.69) is 49.0 Å². The van der Waals surface area contributed by atoms with Crippen molar-refractivity contribution in [2.24, 2.45) is 0 Å². The average Bonchev–Trinajstić information content (AvgIpc) is 3.17. The molecule has 1 aliphatic heterocycles. The lowest BCUT2D eigenvalue weighted by Crippen LogP contribution is -2.49. The molecule has 2 aromatic heterocycles. The van der Waals surface area contributed by atoms with Gasteiger partial charge in [0.2, 0.25) is 0 Å². The first-order valence-electron chi connectivity index (χ1n) is 9.15. The third-order valence-corrected chi connectivity index (χ3v) is 5.37. The smallest absolute Gasteiger partial charge is 0.256 e. The molecular formula is C19H21BrN6O. The van der Waals surface area contributed by atoms with Crippen LogP contribution in [0.3, 0.4) is 0 Å². The van der Waals surface area contributed by atoms with Crippen LogP contribution in [0.1, 0.15) is 29.4 Å². The molecule has 0 radical (unpaired) electrons. The van der Waals surface area contributed by atoms with Crippen molar-refractivity contribution in [2.75, 3.05) is 31.1 Å². The Morgan fingerprint density at radius 2 is 1.89 bits per heavy atom. The molecule has 1 aromatic carbocycles. The number of aromatic nitrogens is 4. The first-order valence-corrected chi connectivity index (χ1v) is 9.94. The molecule has 3 aromatic rings. The van der Waals surface area contributed by atoms with Crippen LogP contribution < -0.4 is 4.90 Å². The van der Waals surface area contributed by atoms with Gasteiger partial charge in [-0.15, -0.1) is 10.2 Å². The van der Waals surface area contributed by atoms with Gasteiger partial charge < -0.3 is 9.80 Å². The van der Waals surface area contributed by atoms with Crippen LogP contribution in [0, 0.1) is 0 Å². The van der Waals surface area contributed by atoms with E-state index in [0.717, 1.165) is 47.5 Å². The van der Waals surface area contributed by atoms with Gasteiger partial charge in [0.1, 0.15) is 12.1 Å². The molecule has 0 aliphatic carbocycles. The number of carbonyl (C=O) groups is 1. The van der Waals surface area contributed by atoms with Crippen molar-refractivity contribution in [2.45, 2.75) is 19.8 Å². The highest BCUT2D eigenvalue weighted by atomic mass is 79.9. The number of carbonyl (C=O) groups excluding carboxylic acids is 1. The van der Waals surface area contributed by atoms with Crippen LogP contribution in [0.4, 0.5) is 5.82 Å². The summed E-state index contributed by atoms with van der Waals surface area (Å²) in [6, 6.07) is 9.63. The number of piperazine rings is 1.